The van der Waals surface area contributed by atoms with E-state index in [9.17, 15) is 24.5 Å². The standard InChI is InChI=1S/C19H15N3O6S/c23-16(20-8-7-12-3-1-2-4-13(12)10-20)11-21-18(24)15(29-19(21)25)9-14-5-6-17(28-14)22(26)27/h1-6,9H,7-8,10-11H2/b15-9-. The van der Waals surface area contributed by atoms with Crippen LogP contribution in [0, 0.1) is 10.1 Å². The van der Waals surface area contributed by atoms with E-state index in [-0.39, 0.29) is 23.1 Å². The maximum absolute atomic E-state index is 12.7. The minimum atomic E-state index is -0.696. The predicted molar refractivity (Wildman–Crippen MR) is 104 cm³/mol. The molecule has 29 heavy (non-hydrogen) atoms. The van der Waals surface area contributed by atoms with E-state index < -0.39 is 22.0 Å². The monoisotopic (exact) mass is 413 g/mol. The fourth-order valence-corrected chi connectivity index (χ4v) is 4.05. The van der Waals surface area contributed by atoms with Crippen molar-refractivity contribution >= 4 is 40.8 Å². The number of nitrogens with zero attached hydrogens (tertiary/aromatic N) is 3. The molecule has 0 bridgehead atoms. The van der Waals surface area contributed by atoms with Crippen LogP contribution < -0.4 is 0 Å². The van der Waals surface area contributed by atoms with Crippen LogP contribution in [-0.2, 0) is 22.6 Å². The third-order valence-corrected chi connectivity index (χ3v) is 5.62. The van der Waals surface area contributed by atoms with Gasteiger partial charge in [-0.2, -0.15) is 0 Å². The van der Waals surface area contributed by atoms with Crippen LogP contribution in [0.5, 0.6) is 0 Å². The Labute approximate surface area is 169 Å². The molecule has 0 radical (unpaired) electrons. The number of benzene rings is 1. The lowest BCUT2D eigenvalue weighted by Crippen LogP contribution is -2.44. The summed E-state index contributed by atoms with van der Waals surface area (Å²) in [6.45, 7) is 0.623. The number of amides is 3. The number of carbonyl (C=O) groups is 3. The van der Waals surface area contributed by atoms with Crippen molar-refractivity contribution in [3.8, 4) is 0 Å². The third kappa shape index (κ3) is 3.79. The van der Waals surface area contributed by atoms with E-state index in [2.05, 4.69) is 0 Å². The van der Waals surface area contributed by atoms with Gasteiger partial charge in [-0.05, 0) is 35.4 Å². The van der Waals surface area contributed by atoms with E-state index in [1.165, 1.54) is 17.7 Å². The van der Waals surface area contributed by atoms with Crippen LogP contribution in [0.2, 0.25) is 0 Å². The number of rotatable bonds is 4. The van der Waals surface area contributed by atoms with Crippen molar-refractivity contribution in [3.63, 3.8) is 0 Å². The molecule has 0 spiro atoms. The van der Waals surface area contributed by atoms with Gasteiger partial charge in [-0.15, -0.1) is 0 Å². The number of thioether (sulfide) groups is 1. The maximum atomic E-state index is 12.7. The Bertz CT molecular complexity index is 1060. The van der Waals surface area contributed by atoms with Gasteiger partial charge in [-0.3, -0.25) is 29.4 Å². The zero-order valence-electron chi connectivity index (χ0n) is 15.1. The van der Waals surface area contributed by atoms with Gasteiger partial charge in [0, 0.05) is 19.2 Å². The largest absolute Gasteiger partial charge is 0.433 e. The second-order valence-corrected chi connectivity index (χ2v) is 7.53. The second-order valence-electron chi connectivity index (χ2n) is 6.53. The summed E-state index contributed by atoms with van der Waals surface area (Å²) in [6.07, 6.45) is 1.99. The molecule has 1 saturated heterocycles. The first kappa shape index (κ1) is 18.9. The summed E-state index contributed by atoms with van der Waals surface area (Å²) >= 11 is 0.669. The lowest BCUT2D eigenvalue weighted by Gasteiger charge is -2.29. The normalized spacial score (nSPS) is 17.7. The molecule has 1 aromatic carbocycles. The molecule has 0 aliphatic carbocycles. The van der Waals surface area contributed by atoms with Crippen molar-refractivity contribution in [1.29, 1.82) is 0 Å². The van der Waals surface area contributed by atoms with Gasteiger partial charge in [0.2, 0.25) is 5.91 Å². The average Bonchev–Trinajstić information content (AvgIpc) is 3.28. The number of furan rings is 1. The lowest BCUT2D eigenvalue weighted by atomic mass is 10.00. The number of nitro groups is 1. The minimum absolute atomic E-state index is 0.0519. The Balaban J connectivity index is 1.44. The molecule has 9 nitrogen and oxygen atoms in total. The van der Waals surface area contributed by atoms with Gasteiger partial charge >= 0.3 is 5.88 Å². The summed E-state index contributed by atoms with van der Waals surface area (Å²) in [5, 5.41) is 10.1. The first-order chi connectivity index (χ1) is 13.9. The van der Waals surface area contributed by atoms with Gasteiger partial charge in [0.1, 0.15) is 17.2 Å². The molecule has 0 atom stereocenters. The van der Waals surface area contributed by atoms with E-state index >= 15 is 0 Å². The summed E-state index contributed by atoms with van der Waals surface area (Å²) in [7, 11) is 0. The van der Waals surface area contributed by atoms with E-state index in [0.29, 0.717) is 24.9 Å². The second kappa shape index (κ2) is 7.55. The number of hydrogen-bond acceptors (Lipinski definition) is 7. The van der Waals surface area contributed by atoms with Crippen molar-refractivity contribution in [2.45, 2.75) is 13.0 Å². The smallest absolute Gasteiger partial charge is 0.401 e. The quantitative estimate of drug-likeness (QED) is 0.430. The van der Waals surface area contributed by atoms with Gasteiger partial charge in [-0.25, -0.2) is 0 Å². The van der Waals surface area contributed by atoms with E-state index in [1.807, 2.05) is 24.3 Å². The van der Waals surface area contributed by atoms with Gasteiger partial charge in [0.25, 0.3) is 11.1 Å². The minimum Gasteiger partial charge on any atom is -0.401 e. The molecule has 148 valence electrons. The summed E-state index contributed by atoms with van der Waals surface area (Å²) in [5.41, 5.74) is 2.25. The van der Waals surface area contributed by atoms with E-state index in [4.69, 9.17) is 4.42 Å². The SMILES string of the molecule is O=C(CN1C(=O)S/C(=C\c2ccc([N+](=O)[O-])o2)C1=O)N1CCc2ccccc2C1. The first-order valence-corrected chi connectivity index (χ1v) is 9.58. The molecule has 0 unspecified atom stereocenters. The average molecular weight is 413 g/mol. The van der Waals surface area contributed by atoms with Crippen molar-refractivity contribution < 1.29 is 23.7 Å². The molecule has 0 saturated carbocycles. The van der Waals surface area contributed by atoms with Gasteiger partial charge in [0.15, 0.2) is 0 Å². The molecule has 2 aliphatic heterocycles. The molecule has 1 aromatic heterocycles. The highest BCUT2D eigenvalue weighted by atomic mass is 32.2. The Morgan fingerprint density at radius 3 is 2.69 bits per heavy atom. The highest BCUT2D eigenvalue weighted by molar-refractivity contribution is 8.18. The molecular weight excluding hydrogens is 398 g/mol. The van der Waals surface area contributed by atoms with Crippen molar-refractivity contribution in [2.24, 2.45) is 0 Å². The van der Waals surface area contributed by atoms with Crippen LogP contribution in [0.1, 0.15) is 16.9 Å². The highest BCUT2D eigenvalue weighted by Gasteiger charge is 2.37. The third-order valence-electron chi connectivity index (χ3n) is 4.72. The van der Waals surface area contributed by atoms with Crippen LogP contribution in [0.15, 0.2) is 45.7 Å². The Kier molecular flexibility index (Phi) is 4.93. The molecule has 2 aliphatic rings. The van der Waals surface area contributed by atoms with Crippen LogP contribution in [0.25, 0.3) is 6.08 Å². The first-order valence-electron chi connectivity index (χ1n) is 8.76. The summed E-state index contributed by atoms with van der Waals surface area (Å²) in [4.78, 5) is 50.0. The number of hydrogen-bond donors (Lipinski definition) is 0. The van der Waals surface area contributed by atoms with Crippen LogP contribution >= 0.6 is 11.8 Å². The fourth-order valence-electron chi connectivity index (χ4n) is 3.23. The highest BCUT2D eigenvalue weighted by Crippen LogP contribution is 2.33. The predicted octanol–water partition coefficient (Wildman–Crippen LogP) is 2.81. The van der Waals surface area contributed by atoms with E-state index in [1.54, 1.807) is 4.90 Å². The zero-order chi connectivity index (χ0) is 20.5. The van der Waals surface area contributed by atoms with Crippen molar-refractivity contribution in [1.82, 2.24) is 9.80 Å². The molecule has 3 heterocycles. The fraction of sp³-hybridized carbons (Fsp3) is 0.211. The molecule has 1 fully saturated rings. The molecule has 3 amide bonds. The van der Waals surface area contributed by atoms with Crippen LogP contribution in [0.4, 0.5) is 10.7 Å². The molecular formula is C19H15N3O6S. The Hall–Kier alpha value is -3.40. The van der Waals surface area contributed by atoms with Gasteiger partial charge < -0.3 is 9.32 Å². The lowest BCUT2D eigenvalue weighted by molar-refractivity contribution is -0.402. The number of imide groups is 1. The van der Waals surface area contributed by atoms with Crippen LogP contribution in [-0.4, -0.2) is 44.9 Å². The maximum Gasteiger partial charge on any atom is 0.433 e. The van der Waals surface area contributed by atoms with Crippen LogP contribution in [0.3, 0.4) is 0 Å². The van der Waals surface area contributed by atoms with Gasteiger partial charge in [-0.1, -0.05) is 24.3 Å². The Morgan fingerprint density at radius 2 is 1.97 bits per heavy atom. The molecule has 0 N–H and O–H groups in total. The van der Waals surface area contributed by atoms with Gasteiger partial charge in [0.05, 0.1) is 11.0 Å². The zero-order valence-corrected chi connectivity index (χ0v) is 15.9. The molecule has 4 rings (SSSR count). The summed E-state index contributed by atoms with van der Waals surface area (Å²) in [6, 6.07) is 10.3. The van der Waals surface area contributed by atoms with Crippen molar-refractivity contribution in [2.75, 3.05) is 13.1 Å². The summed E-state index contributed by atoms with van der Waals surface area (Å²) < 4.78 is 4.99. The topological polar surface area (TPSA) is 114 Å². The Morgan fingerprint density at radius 1 is 1.21 bits per heavy atom. The van der Waals surface area contributed by atoms with E-state index in [0.717, 1.165) is 23.0 Å². The number of fused-ring (bicyclic) bond motifs is 1. The molecule has 10 heteroatoms. The summed E-state index contributed by atoms with van der Waals surface area (Å²) in [5.74, 6) is -1.31. The molecule has 2 aromatic rings. The number of carbonyl (C=O) groups excluding carboxylic acids is 3. The van der Waals surface area contributed by atoms with Crippen molar-refractivity contribution in [3.05, 3.63) is 68.3 Å².